The van der Waals surface area contributed by atoms with Gasteiger partial charge < -0.3 is 0 Å². The Morgan fingerprint density at radius 1 is 0.783 bits per heavy atom. The molecule has 4 rings (SSSR count). The van der Waals surface area contributed by atoms with E-state index in [0.717, 1.165) is 37.7 Å². The predicted molar refractivity (Wildman–Crippen MR) is 98.8 cm³/mol. The number of fused-ring (bicyclic) bond motifs is 1. The van der Waals surface area contributed by atoms with Crippen LogP contribution >= 0.6 is 27.5 Å². The topological polar surface area (TPSA) is 17.3 Å². The lowest BCUT2D eigenvalue weighted by molar-refractivity contribution is 1.15. The van der Waals surface area contributed by atoms with Crippen molar-refractivity contribution in [3.05, 3.63) is 82.6 Å². The minimum absolute atomic E-state index is 0.749. The van der Waals surface area contributed by atoms with E-state index in [0.29, 0.717) is 0 Å². The fourth-order valence-corrected chi connectivity index (χ4v) is 3.36. The summed E-state index contributed by atoms with van der Waals surface area (Å²) < 4.78 is 3.00. The molecule has 0 unspecified atom stereocenters. The lowest BCUT2D eigenvalue weighted by Gasteiger charge is -2.04. The van der Waals surface area contributed by atoms with Gasteiger partial charge in [-0.25, -0.2) is 4.98 Å². The van der Waals surface area contributed by atoms with E-state index >= 15 is 0 Å². The molecular weight excluding hydrogens is 372 g/mol. The lowest BCUT2D eigenvalue weighted by atomic mass is 10.0. The van der Waals surface area contributed by atoms with Crippen LogP contribution < -0.4 is 0 Å². The van der Waals surface area contributed by atoms with Gasteiger partial charge in [0.1, 0.15) is 15.9 Å². The number of pyridine rings is 1. The minimum Gasteiger partial charge on any atom is -0.294 e. The van der Waals surface area contributed by atoms with Crippen molar-refractivity contribution in [1.29, 1.82) is 0 Å². The monoisotopic (exact) mass is 382 g/mol. The third kappa shape index (κ3) is 2.67. The third-order valence-electron chi connectivity index (χ3n) is 3.81. The van der Waals surface area contributed by atoms with Crippen LogP contribution in [-0.2, 0) is 0 Å². The van der Waals surface area contributed by atoms with Gasteiger partial charge in [0.05, 0.1) is 0 Å². The summed E-state index contributed by atoms with van der Waals surface area (Å²) in [5.74, 6) is 0. The molecule has 0 fully saturated rings. The van der Waals surface area contributed by atoms with Crippen molar-refractivity contribution in [3.8, 4) is 22.4 Å². The van der Waals surface area contributed by atoms with Crippen molar-refractivity contribution in [3.63, 3.8) is 0 Å². The molecule has 0 saturated heterocycles. The Labute approximate surface area is 147 Å². The van der Waals surface area contributed by atoms with Crippen LogP contribution in [0.25, 0.3) is 28.0 Å². The zero-order valence-electron chi connectivity index (χ0n) is 12.1. The van der Waals surface area contributed by atoms with Crippen LogP contribution in [0.5, 0.6) is 0 Å². The Kier molecular flexibility index (Phi) is 3.68. The van der Waals surface area contributed by atoms with Crippen molar-refractivity contribution < 1.29 is 0 Å². The van der Waals surface area contributed by atoms with Gasteiger partial charge in [0.25, 0.3) is 0 Å². The van der Waals surface area contributed by atoms with E-state index in [9.17, 15) is 0 Å². The number of imidazole rings is 1. The molecule has 0 amide bonds. The van der Waals surface area contributed by atoms with Gasteiger partial charge in [0, 0.05) is 16.8 Å². The molecule has 23 heavy (non-hydrogen) atoms. The van der Waals surface area contributed by atoms with Gasteiger partial charge in [0.2, 0.25) is 0 Å². The third-order valence-corrected chi connectivity index (χ3v) is 4.82. The molecule has 0 bridgehead atoms. The van der Waals surface area contributed by atoms with Gasteiger partial charge in [-0.2, -0.15) is 0 Å². The van der Waals surface area contributed by atoms with E-state index in [1.54, 1.807) is 0 Å². The standard InChI is InChI=1S/C19H12BrClN2/c20-19-18(22-17-3-1-2-12-23(17)19)15-6-4-13(5-7-15)14-8-10-16(21)11-9-14/h1-12H. The van der Waals surface area contributed by atoms with Gasteiger partial charge >= 0.3 is 0 Å². The van der Waals surface area contributed by atoms with E-state index in [1.165, 1.54) is 0 Å². The first-order chi connectivity index (χ1) is 11.2. The van der Waals surface area contributed by atoms with Crippen molar-refractivity contribution in [1.82, 2.24) is 9.38 Å². The molecule has 2 heterocycles. The van der Waals surface area contributed by atoms with Crippen LogP contribution in [0, 0.1) is 0 Å². The van der Waals surface area contributed by atoms with Gasteiger partial charge in [-0.05, 0) is 51.3 Å². The summed E-state index contributed by atoms with van der Waals surface area (Å²) in [5, 5.41) is 0.749. The molecule has 0 saturated carbocycles. The smallest absolute Gasteiger partial charge is 0.138 e. The van der Waals surface area contributed by atoms with Gasteiger partial charge in [0.15, 0.2) is 0 Å². The first kappa shape index (κ1) is 14.5. The molecule has 0 atom stereocenters. The van der Waals surface area contributed by atoms with E-state index in [4.69, 9.17) is 16.6 Å². The molecule has 0 aliphatic rings. The van der Waals surface area contributed by atoms with Crippen LogP contribution in [0.4, 0.5) is 0 Å². The van der Waals surface area contributed by atoms with E-state index in [2.05, 4.69) is 40.2 Å². The van der Waals surface area contributed by atoms with Gasteiger partial charge in [-0.3, -0.25) is 4.40 Å². The first-order valence-corrected chi connectivity index (χ1v) is 8.38. The van der Waals surface area contributed by atoms with Crippen molar-refractivity contribution >= 4 is 33.2 Å². The summed E-state index contributed by atoms with van der Waals surface area (Å²) in [6.07, 6.45) is 2.00. The van der Waals surface area contributed by atoms with Gasteiger partial charge in [-0.1, -0.05) is 54.1 Å². The van der Waals surface area contributed by atoms with Crippen molar-refractivity contribution in [2.45, 2.75) is 0 Å². The minimum atomic E-state index is 0.749. The predicted octanol–water partition coefficient (Wildman–Crippen LogP) is 6.08. The summed E-state index contributed by atoms with van der Waals surface area (Å²) in [6, 6.07) is 22.2. The maximum atomic E-state index is 5.94. The number of hydrogen-bond acceptors (Lipinski definition) is 1. The Morgan fingerprint density at radius 3 is 2.04 bits per heavy atom. The lowest BCUT2D eigenvalue weighted by Crippen LogP contribution is -1.83. The molecule has 0 aliphatic carbocycles. The maximum absolute atomic E-state index is 5.94. The molecule has 4 heteroatoms. The molecule has 112 valence electrons. The number of aromatic nitrogens is 2. The number of hydrogen-bond donors (Lipinski definition) is 0. The molecule has 0 spiro atoms. The summed E-state index contributed by atoms with van der Waals surface area (Å²) in [4.78, 5) is 4.70. The van der Waals surface area contributed by atoms with Crippen LogP contribution in [0.3, 0.4) is 0 Å². The molecule has 2 nitrogen and oxygen atoms in total. The zero-order chi connectivity index (χ0) is 15.8. The maximum Gasteiger partial charge on any atom is 0.138 e. The Morgan fingerprint density at radius 2 is 1.39 bits per heavy atom. The average Bonchev–Trinajstić information content (AvgIpc) is 2.93. The highest BCUT2D eigenvalue weighted by molar-refractivity contribution is 9.10. The average molecular weight is 384 g/mol. The molecule has 4 aromatic rings. The number of halogens is 2. The zero-order valence-corrected chi connectivity index (χ0v) is 14.4. The summed E-state index contributed by atoms with van der Waals surface area (Å²) >= 11 is 9.59. The highest BCUT2D eigenvalue weighted by Crippen LogP contribution is 2.30. The summed E-state index contributed by atoms with van der Waals surface area (Å²) in [7, 11) is 0. The second kappa shape index (κ2) is 5.84. The van der Waals surface area contributed by atoms with Crippen LogP contribution in [0.15, 0.2) is 77.5 Å². The Bertz CT molecular complexity index is 973. The second-order valence-electron chi connectivity index (χ2n) is 5.26. The number of rotatable bonds is 2. The molecule has 0 radical (unpaired) electrons. The number of nitrogens with zero attached hydrogens (tertiary/aromatic N) is 2. The SMILES string of the molecule is Clc1ccc(-c2ccc(-c3nc4ccccn4c3Br)cc2)cc1. The quantitative estimate of drug-likeness (QED) is 0.410. The summed E-state index contributed by atoms with van der Waals surface area (Å²) in [5.41, 5.74) is 5.26. The molecule has 2 aromatic heterocycles. The molecular formula is C19H12BrClN2. The molecule has 0 N–H and O–H groups in total. The number of benzene rings is 2. The normalized spacial score (nSPS) is 11.0. The van der Waals surface area contributed by atoms with E-state index < -0.39 is 0 Å². The highest BCUT2D eigenvalue weighted by atomic mass is 79.9. The summed E-state index contributed by atoms with van der Waals surface area (Å²) in [6.45, 7) is 0. The largest absolute Gasteiger partial charge is 0.294 e. The van der Waals surface area contributed by atoms with Crippen molar-refractivity contribution in [2.24, 2.45) is 0 Å². The molecule has 2 aromatic carbocycles. The highest BCUT2D eigenvalue weighted by Gasteiger charge is 2.11. The Balaban J connectivity index is 1.75. The van der Waals surface area contributed by atoms with Crippen LogP contribution in [-0.4, -0.2) is 9.38 Å². The fraction of sp³-hybridized carbons (Fsp3) is 0. The van der Waals surface area contributed by atoms with Crippen LogP contribution in [0.1, 0.15) is 0 Å². The Hall–Kier alpha value is -2.10. The van der Waals surface area contributed by atoms with Crippen LogP contribution in [0.2, 0.25) is 5.02 Å². The van der Waals surface area contributed by atoms with E-state index in [-0.39, 0.29) is 0 Å². The first-order valence-electron chi connectivity index (χ1n) is 7.21. The second-order valence-corrected chi connectivity index (χ2v) is 6.45. The molecule has 0 aliphatic heterocycles. The fourth-order valence-electron chi connectivity index (χ4n) is 2.61. The van der Waals surface area contributed by atoms with Crippen molar-refractivity contribution in [2.75, 3.05) is 0 Å². The van der Waals surface area contributed by atoms with E-state index in [1.807, 2.05) is 53.1 Å². The van der Waals surface area contributed by atoms with Gasteiger partial charge in [-0.15, -0.1) is 0 Å².